The van der Waals surface area contributed by atoms with Gasteiger partial charge in [0.2, 0.25) is 0 Å². The highest BCUT2D eigenvalue weighted by Gasteiger charge is 2.21. The topological polar surface area (TPSA) is 74.6 Å². The number of carbonyl (C=O) groups is 2. The predicted octanol–water partition coefficient (Wildman–Crippen LogP) is 4.46. The van der Waals surface area contributed by atoms with Crippen LogP contribution in [0.15, 0.2) is 65.1 Å². The van der Waals surface area contributed by atoms with Gasteiger partial charge in [-0.3, -0.25) is 9.59 Å². The quantitative estimate of drug-likeness (QED) is 0.617. The molecule has 0 atom stereocenters. The molecule has 0 aromatic heterocycles. The summed E-state index contributed by atoms with van der Waals surface area (Å²) >= 11 is 3.23. The Bertz CT molecular complexity index is 1030. The third-order valence-electron chi connectivity index (χ3n) is 3.83. The Morgan fingerprint density at radius 1 is 0.769 bits per heavy atom. The molecule has 0 fully saturated rings. The Labute approximate surface area is 156 Å². The van der Waals surface area contributed by atoms with Crippen LogP contribution >= 0.6 is 15.9 Å². The molecule has 0 bridgehead atoms. The summed E-state index contributed by atoms with van der Waals surface area (Å²) in [4.78, 5) is 25.2. The van der Waals surface area contributed by atoms with Crippen LogP contribution in [0.4, 0.5) is 4.39 Å². The minimum atomic E-state index is -0.742. The third-order valence-corrected chi connectivity index (χ3v) is 4.32. The molecule has 0 aliphatic carbocycles. The molecule has 0 amide bonds. The largest absolute Gasteiger partial charge is 0.507 e. The molecule has 4 nitrogen and oxygen atoms in total. The average molecular weight is 415 g/mol. The van der Waals surface area contributed by atoms with Crippen molar-refractivity contribution in [2.45, 2.75) is 0 Å². The number of hydrogen-bond donors (Lipinski definition) is 2. The minimum Gasteiger partial charge on any atom is -0.507 e. The van der Waals surface area contributed by atoms with Crippen LogP contribution < -0.4 is 0 Å². The lowest BCUT2D eigenvalue weighted by Crippen LogP contribution is -2.08. The second-order valence-electron chi connectivity index (χ2n) is 5.53. The molecule has 0 saturated carbocycles. The van der Waals surface area contributed by atoms with Crippen molar-refractivity contribution in [3.05, 3.63) is 93.2 Å². The zero-order valence-corrected chi connectivity index (χ0v) is 14.8. The first-order chi connectivity index (χ1) is 12.4. The first kappa shape index (κ1) is 17.8. The molecule has 26 heavy (non-hydrogen) atoms. The fourth-order valence-electron chi connectivity index (χ4n) is 2.50. The zero-order chi connectivity index (χ0) is 18.8. The highest BCUT2D eigenvalue weighted by Crippen LogP contribution is 2.28. The zero-order valence-electron chi connectivity index (χ0n) is 13.2. The van der Waals surface area contributed by atoms with Crippen LogP contribution in [0.25, 0.3) is 0 Å². The first-order valence-electron chi connectivity index (χ1n) is 7.54. The normalized spacial score (nSPS) is 10.5. The monoisotopic (exact) mass is 414 g/mol. The van der Waals surface area contributed by atoms with Gasteiger partial charge in [-0.15, -0.1) is 0 Å². The molecular formula is C20H12BrFO4. The Kier molecular flexibility index (Phi) is 4.86. The van der Waals surface area contributed by atoms with E-state index in [2.05, 4.69) is 15.9 Å². The van der Waals surface area contributed by atoms with E-state index in [0.29, 0.717) is 4.47 Å². The van der Waals surface area contributed by atoms with Crippen molar-refractivity contribution in [3.8, 4) is 11.5 Å². The second-order valence-corrected chi connectivity index (χ2v) is 6.45. The van der Waals surface area contributed by atoms with Crippen molar-refractivity contribution in [2.24, 2.45) is 0 Å². The van der Waals surface area contributed by atoms with Gasteiger partial charge in [-0.25, -0.2) is 4.39 Å². The maximum absolute atomic E-state index is 13.9. The fourth-order valence-corrected chi connectivity index (χ4v) is 2.86. The molecule has 0 heterocycles. The molecule has 0 saturated heterocycles. The maximum Gasteiger partial charge on any atom is 0.199 e. The van der Waals surface area contributed by atoms with Gasteiger partial charge in [-0.1, -0.05) is 28.1 Å². The summed E-state index contributed by atoms with van der Waals surface area (Å²) in [6, 6.07) is 13.5. The predicted molar refractivity (Wildman–Crippen MR) is 97.2 cm³/mol. The minimum absolute atomic E-state index is 0.0364. The molecule has 0 aliphatic heterocycles. The van der Waals surface area contributed by atoms with Gasteiger partial charge in [-0.2, -0.15) is 0 Å². The number of phenols is 2. The van der Waals surface area contributed by atoms with E-state index in [1.165, 1.54) is 48.5 Å². The molecular weight excluding hydrogens is 403 g/mol. The number of ketones is 2. The van der Waals surface area contributed by atoms with Gasteiger partial charge < -0.3 is 10.2 Å². The SMILES string of the molecule is O=C(c1ccc(O)c(C(=O)c2ccccc2F)c1)c1cc(Br)ccc1O. The summed E-state index contributed by atoms with van der Waals surface area (Å²) in [6.07, 6.45) is 0. The van der Waals surface area contributed by atoms with Gasteiger partial charge in [0.25, 0.3) is 0 Å². The fraction of sp³-hybridized carbons (Fsp3) is 0. The van der Waals surface area contributed by atoms with Crippen molar-refractivity contribution < 1.29 is 24.2 Å². The lowest BCUT2D eigenvalue weighted by atomic mass is 9.96. The molecule has 3 aromatic carbocycles. The number of hydrogen-bond acceptors (Lipinski definition) is 4. The summed E-state index contributed by atoms with van der Waals surface area (Å²) in [7, 11) is 0. The number of aromatic hydroxyl groups is 2. The third kappa shape index (κ3) is 3.36. The number of phenolic OH excluding ortho intramolecular Hbond substituents is 2. The van der Waals surface area contributed by atoms with Crippen LogP contribution in [0.2, 0.25) is 0 Å². The highest BCUT2D eigenvalue weighted by molar-refractivity contribution is 9.10. The highest BCUT2D eigenvalue weighted by atomic mass is 79.9. The summed E-state index contributed by atoms with van der Waals surface area (Å²) in [5, 5.41) is 19.9. The van der Waals surface area contributed by atoms with Gasteiger partial charge >= 0.3 is 0 Å². The molecule has 6 heteroatoms. The van der Waals surface area contributed by atoms with E-state index in [0.717, 1.165) is 6.07 Å². The van der Waals surface area contributed by atoms with Crippen LogP contribution in [0.5, 0.6) is 11.5 Å². The van der Waals surface area contributed by atoms with Crippen LogP contribution in [0.3, 0.4) is 0 Å². The summed E-state index contributed by atoms with van der Waals surface area (Å²) in [6.45, 7) is 0. The molecule has 0 radical (unpaired) electrons. The number of benzene rings is 3. The van der Waals surface area contributed by atoms with Gasteiger partial charge in [0.1, 0.15) is 17.3 Å². The number of carbonyl (C=O) groups excluding carboxylic acids is 2. The molecule has 0 spiro atoms. The van der Waals surface area contributed by atoms with Gasteiger partial charge in [0, 0.05) is 10.0 Å². The smallest absolute Gasteiger partial charge is 0.199 e. The molecule has 2 N–H and O–H groups in total. The summed E-state index contributed by atoms with van der Waals surface area (Å²) in [5.41, 5.74) is -0.293. The Hall–Kier alpha value is -2.99. The van der Waals surface area contributed by atoms with Crippen LogP contribution in [-0.4, -0.2) is 21.8 Å². The van der Waals surface area contributed by atoms with Crippen molar-refractivity contribution in [3.63, 3.8) is 0 Å². The molecule has 3 aromatic rings. The van der Waals surface area contributed by atoms with E-state index in [1.54, 1.807) is 6.07 Å². The van der Waals surface area contributed by atoms with Gasteiger partial charge in [0.15, 0.2) is 11.6 Å². The average Bonchev–Trinajstić information content (AvgIpc) is 2.63. The van der Waals surface area contributed by atoms with E-state index in [-0.39, 0.29) is 33.8 Å². The van der Waals surface area contributed by atoms with E-state index in [1.807, 2.05) is 0 Å². The van der Waals surface area contributed by atoms with Crippen LogP contribution in [-0.2, 0) is 0 Å². The van der Waals surface area contributed by atoms with Gasteiger partial charge in [-0.05, 0) is 48.5 Å². The van der Waals surface area contributed by atoms with Crippen molar-refractivity contribution in [2.75, 3.05) is 0 Å². The number of halogens is 2. The number of rotatable bonds is 4. The Morgan fingerprint density at radius 3 is 2.08 bits per heavy atom. The van der Waals surface area contributed by atoms with E-state index in [4.69, 9.17) is 0 Å². The van der Waals surface area contributed by atoms with Crippen molar-refractivity contribution >= 4 is 27.5 Å². The maximum atomic E-state index is 13.9. The van der Waals surface area contributed by atoms with E-state index >= 15 is 0 Å². The molecule has 0 aliphatic rings. The summed E-state index contributed by atoms with van der Waals surface area (Å²) < 4.78 is 14.5. The van der Waals surface area contributed by atoms with Crippen LogP contribution in [0, 0.1) is 5.82 Å². The van der Waals surface area contributed by atoms with Gasteiger partial charge in [0.05, 0.1) is 16.7 Å². The lowest BCUT2D eigenvalue weighted by molar-refractivity contribution is 0.103. The first-order valence-corrected chi connectivity index (χ1v) is 8.33. The second kappa shape index (κ2) is 7.09. The van der Waals surface area contributed by atoms with E-state index < -0.39 is 17.4 Å². The molecule has 3 rings (SSSR count). The molecule has 0 unspecified atom stereocenters. The van der Waals surface area contributed by atoms with Crippen molar-refractivity contribution in [1.82, 2.24) is 0 Å². The standard InChI is InChI=1S/C20H12BrFO4/c21-12-6-8-18(24)15(10-12)19(25)11-5-7-17(23)14(9-11)20(26)13-3-1-2-4-16(13)22/h1-10,23-24H. The molecule has 130 valence electrons. The van der Waals surface area contributed by atoms with E-state index in [9.17, 15) is 24.2 Å². The van der Waals surface area contributed by atoms with Crippen molar-refractivity contribution in [1.29, 1.82) is 0 Å². The summed E-state index contributed by atoms with van der Waals surface area (Å²) in [5.74, 6) is -2.58. The Balaban J connectivity index is 2.06. The lowest BCUT2D eigenvalue weighted by Gasteiger charge is -2.09. The van der Waals surface area contributed by atoms with Crippen LogP contribution in [0.1, 0.15) is 31.8 Å². The Morgan fingerprint density at radius 2 is 1.38 bits per heavy atom.